The highest BCUT2D eigenvalue weighted by atomic mass is 32.1. The first-order valence-corrected chi connectivity index (χ1v) is 9.24. The van der Waals surface area contributed by atoms with Gasteiger partial charge < -0.3 is 16.2 Å². The summed E-state index contributed by atoms with van der Waals surface area (Å²) in [6.45, 7) is 3.84. The van der Waals surface area contributed by atoms with Crippen molar-refractivity contribution in [1.82, 2.24) is 0 Å². The van der Waals surface area contributed by atoms with Gasteiger partial charge in [-0.05, 0) is 51.5 Å². The molecule has 0 saturated carbocycles. The minimum atomic E-state index is -0.962. The zero-order valence-electron chi connectivity index (χ0n) is 14.3. The molecule has 0 unspecified atom stereocenters. The lowest BCUT2D eigenvalue weighted by molar-refractivity contribution is -0.146. The highest BCUT2D eigenvalue weighted by Gasteiger charge is 2.38. The number of nitrogens with two attached hydrogens (primary N) is 1. The van der Waals surface area contributed by atoms with Gasteiger partial charge in [-0.25, -0.2) is 0 Å². The third-order valence-corrected chi connectivity index (χ3v) is 6.53. The predicted octanol–water partition coefficient (Wildman–Crippen LogP) is 2.72. The topological polar surface area (TPSA) is 109 Å². The van der Waals surface area contributed by atoms with Crippen LogP contribution in [0.2, 0.25) is 0 Å². The molecule has 0 aromatic carbocycles. The maximum Gasteiger partial charge on any atom is 0.307 e. The van der Waals surface area contributed by atoms with E-state index in [-0.39, 0.29) is 5.91 Å². The summed E-state index contributed by atoms with van der Waals surface area (Å²) in [6, 6.07) is 0. The first-order valence-electron chi connectivity index (χ1n) is 8.42. The Hall–Kier alpha value is -2.15. The van der Waals surface area contributed by atoms with Crippen LogP contribution in [0.4, 0.5) is 5.00 Å². The van der Waals surface area contributed by atoms with Gasteiger partial charge in [-0.1, -0.05) is 11.1 Å². The Bertz CT molecular complexity index is 793. The third-order valence-electron chi connectivity index (χ3n) is 5.32. The summed E-state index contributed by atoms with van der Waals surface area (Å²) in [6.07, 6.45) is 3.47. The third kappa shape index (κ3) is 3.20. The van der Waals surface area contributed by atoms with E-state index in [4.69, 9.17) is 5.73 Å². The van der Waals surface area contributed by atoms with Crippen LogP contribution in [0.3, 0.4) is 0 Å². The molecule has 2 aliphatic rings. The molecule has 0 bridgehead atoms. The van der Waals surface area contributed by atoms with Gasteiger partial charge in [-0.15, -0.1) is 11.3 Å². The van der Waals surface area contributed by atoms with Gasteiger partial charge in [0.25, 0.3) is 5.91 Å². The van der Waals surface area contributed by atoms with Crippen molar-refractivity contribution in [3.63, 3.8) is 0 Å². The van der Waals surface area contributed by atoms with Crippen molar-refractivity contribution in [1.29, 1.82) is 0 Å². The highest BCUT2D eigenvalue weighted by molar-refractivity contribution is 7.17. The van der Waals surface area contributed by atoms with Crippen molar-refractivity contribution < 1.29 is 19.5 Å². The summed E-state index contributed by atoms with van der Waals surface area (Å²) in [4.78, 5) is 37.3. The van der Waals surface area contributed by atoms with Gasteiger partial charge in [0, 0.05) is 4.88 Å². The number of carbonyl (C=O) groups is 3. The molecule has 2 amide bonds. The second kappa shape index (κ2) is 6.63. The minimum absolute atomic E-state index is 0.346. The van der Waals surface area contributed by atoms with Crippen molar-refractivity contribution in [2.45, 2.75) is 46.0 Å². The first-order chi connectivity index (χ1) is 11.8. The zero-order chi connectivity index (χ0) is 18.3. The van der Waals surface area contributed by atoms with Gasteiger partial charge in [0.05, 0.1) is 17.4 Å². The molecule has 3 rings (SSSR count). The molecule has 1 heterocycles. The number of rotatable bonds is 4. The van der Waals surface area contributed by atoms with E-state index in [0.29, 0.717) is 23.4 Å². The van der Waals surface area contributed by atoms with Gasteiger partial charge in [-0.3, -0.25) is 14.4 Å². The van der Waals surface area contributed by atoms with Crippen molar-refractivity contribution >= 4 is 34.1 Å². The van der Waals surface area contributed by atoms with Gasteiger partial charge in [-0.2, -0.15) is 0 Å². The van der Waals surface area contributed by atoms with Crippen LogP contribution in [0.1, 0.15) is 53.9 Å². The second-order valence-electron chi connectivity index (χ2n) is 6.94. The summed E-state index contributed by atoms with van der Waals surface area (Å²) in [7, 11) is 0. The van der Waals surface area contributed by atoms with E-state index < -0.39 is 23.7 Å². The molecule has 0 radical (unpaired) electrons. The number of aliphatic carboxylic acids is 1. The van der Waals surface area contributed by atoms with Crippen LogP contribution in [0.25, 0.3) is 0 Å². The molecule has 0 fully saturated rings. The lowest BCUT2D eigenvalue weighted by Gasteiger charge is -2.29. The number of amides is 2. The van der Waals surface area contributed by atoms with Crippen molar-refractivity contribution in [3.8, 4) is 0 Å². The molecular formula is C18H22N2O4S. The van der Waals surface area contributed by atoms with E-state index in [1.807, 2.05) is 13.8 Å². The fourth-order valence-corrected chi connectivity index (χ4v) is 5.08. The summed E-state index contributed by atoms with van der Waals surface area (Å²) in [5, 5.41) is 12.8. The quantitative estimate of drug-likeness (QED) is 0.715. The number of carboxylic acids is 1. The number of hydrogen-bond acceptors (Lipinski definition) is 4. The smallest absolute Gasteiger partial charge is 0.307 e. The fraction of sp³-hybridized carbons (Fsp3) is 0.500. The van der Waals surface area contributed by atoms with E-state index in [2.05, 4.69) is 5.32 Å². The number of allylic oxidation sites excluding steroid dienone is 2. The Morgan fingerprint density at radius 2 is 1.76 bits per heavy atom. The first kappa shape index (κ1) is 17.7. The molecule has 4 N–H and O–H groups in total. The second-order valence-corrected chi connectivity index (χ2v) is 8.04. The standard InChI is InChI=1S/C18H22N2O4S/c1-8-6-11(12(18(23)24)7-9(8)2)16(22)20-17-14(15(19)21)10-4-3-5-13(10)25-17/h11-12H,3-7H2,1-2H3,(H2,19,21)(H,20,22)(H,23,24)/t11-,12-/m0/s1. The van der Waals surface area contributed by atoms with Crippen LogP contribution in [0.15, 0.2) is 11.1 Å². The number of carbonyl (C=O) groups excluding carboxylic acids is 2. The Morgan fingerprint density at radius 1 is 1.12 bits per heavy atom. The zero-order valence-corrected chi connectivity index (χ0v) is 15.2. The number of aryl methyl sites for hydroxylation is 1. The molecule has 6 nitrogen and oxygen atoms in total. The highest BCUT2D eigenvalue weighted by Crippen LogP contribution is 2.40. The molecular weight excluding hydrogens is 340 g/mol. The molecule has 25 heavy (non-hydrogen) atoms. The average Bonchev–Trinajstić information content (AvgIpc) is 3.09. The molecule has 0 saturated heterocycles. The van der Waals surface area contributed by atoms with E-state index in [1.165, 1.54) is 11.3 Å². The molecule has 1 aromatic rings. The number of hydrogen-bond donors (Lipinski definition) is 3. The van der Waals surface area contributed by atoms with E-state index in [0.717, 1.165) is 40.8 Å². The van der Waals surface area contributed by atoms with Crippen LogP contribution in [-0.4, -0.2) is 22.9 Å². The number of anilines is 1. The van der Waals surface area contributed by atoms with Crippen LogP contribution in [0.5, 0.6) is 0 Å². The number of thiophene rings is 1. The number of fused-ring (bicyclic) bond motifs is 1. The van der Waals surface area contributed by atoms with Crippen LogP contribution in [-0.2, 0) is 22.4 Å². The molecule has 7 heteroatoms. The maximum atomic E-state index is 12.8. The van der Waals surface area contributed by atoms with Gasteiger partial charge in [0.1, 0.15) is 5.00 Å². The maximum absolute atomic E-state index is 12.8. The summed E-state index contributed by atoms with van der Waals surface area (Å²) in [5.74, 6) is -3.23. The minimum Gasteiger partial charge on any atom is -0.481 e. The Balaban J connectivity index is 1.87. The lowest BCUT2D eigenvalue weighted by atomic mass is 9.76. The van der Waals surface area contributed by atoms with Gasteiger partial charge in [0.15, 0.2) is 0 Å². The Labute approximate surface area is 150 Å². The molecule has 1 aromatic heterocycles. The Morgan fingerprint density at radius 3 is 2.36 bits per heavy atom. The van der Waals surface area contributed by atoms with E-state index in [9.17, 15) is 19.5 Å². The molecule has 2 aliphatic carbocycles. The molecule has 0 aliphatic heterocycles. The largest absolute Gasteiger partial charge is 0.481 e. The normalized spacial score (nSPS) is 22.6. The number of carboxylic acid groups (broad SMARTS) is 1. The van der Waals surface area contributed by atoms with Crippen LogP contribution < -0.4 is 11.1 Å². The fourth-order valence-electron chi connectivity index (χ4n) is 3.79. The average molecular weight is 362 g/mol. The summed E-state index contributed by atoms with van der Waals surface area (Å²) in [5.41, 5.74) is 8.95. The van der Waals surface area contributed by atoms with E-state index in [1.54, 1.807) is 0 Å². The number of nitrogens with one attached hydrogen (secondary N) is 1. The van der Waals surface area contributed by atoms with Gasteiger partial charge >= 0.3 is 5.97 Å². The molecule has 134 valence electrons. The Kier molecular flexibility index (Phi) is 4.69. The van der Waals surface area contributed by atoms with Crippen molar-refractivity contribution in [2.24, 2.45) is 17.6 Å². The van der Waals surface area contributed by atoms with Crippen LogP contribution >= 0.6 is 11.3 Å². The molecule has 0 spiro atoms. The molecule has 2 atom stereocenters. The number of primary amides is 1. The van der Waals surface area contributed by atoms with Gasteiger partial charge in [0.2, 0.25) is 5.91 Å². The van der Waals surface area contributed by atoms with Crippen LogP contribution in [0, 0.1) is 11.8 Å². The summed E-state index contributed by atoms with van der Waals surface area (Å²) < 4.78 is 0. The van der Waals surface area contributed by atoms with E-state index >= 15 is 0 Å². The predicted molar refractivity (Wildman–Crippen MR) is 95.7 cm³/mol. The van der Waals surface area contributed by atoms with Crippen molar-refractivity contribution in [2.75, 3.05) is 5.32 Å². The monoisotopic (exact) mass is 362 g/mol. The summed E-state index contributed by atoms with van der Waals surface area (Å²) >= 11 is 1.39. The SMILES string of the molecule is CC1=C(C)C[C@H](C(=O)Nc2sc3c(c2C(N)=O)CCC3)[C@@H](C(=O)O)C1. The lowest BCUT2D eigenvalue weighted by Crippen LogP contribution is -2.36. The van der Waals surface area contributed by atoms with Crippen molar-refractivity contribution in [3.05, 3.63) is 27.2 Å².